The van der Waals surface area contributed by atoms with Gasteiger partial charge >= 0.3 is 0 Å². The number of aromatic nitrogens is 7. The third kappa shape index (κ3) is 2.69. The number of nitrogens with one attached hydrogen (secondary N) is 2. The second-order valence-electron chi connectivity index (χ2n) is 5.48. The van der Waals surface area contributed by atoms with Gasteiger partial charge in [0.1, 0.15) is 24.3 Å². The molecule has 0 bridgehead atoms. The van der Waals surface area contributed by atoms with Crippen LogP contribution < -0.4 is 5.32 Å². The summed E-state index contributed by atoms with van der Waals surface area (Å²) in [5.74, 6) is 1.61. The van der Waals surface area contributed by atoms with E-state index in [9.17, 15) is 0 Å². The molecule has 8 heteroatoms. The van der Waals surface area contributed by atoms with Gasteiger partial charge in [0.05, 0.1) is 11.3 Å². The standard InChI is InChI=1S/C16H16N8/c1-24-8-13-14(18-9-19-16(13)23-24)17-7-12(15-20-10-21-22-15)11-5-3-2-4-6-11/h2-6,8-10,12H,7H2,1H3,(H,20,21,22)(H,17,18,19,23). The third-order valence-electron chi connectivity index (χ3n) is 3.87. The predicted molar refractivity (Wildman–Crippen MR) is 89.5 cm³/mol. The monoisotopic (exact) mass is 320 g/mol. The summed E-state index contributed by atoms with van der Waals surface area (Å²) in [6, 6.07) is 10.2. The van der Waals surface area contributed by atoms with Gasteiger partial charge in [0.15, 0.2) is 5.65 Å². The molecule has 4 rings (SSSR count). The van der Waals surface area contributed by atoms with Crippen molar-refractivity contribution < 1.29 is 0 Å². The Labute approximate surface area is 138 Å². The van der Waals surface area contributed by atoms with Crippen molar-refractivity contribution in [2.45, 2.75) is 5.92 Å². The van der Waals surface area contributed by atoms with Crippen molar-refractivity contribution in [1.82, 2.24) is 34.9 Å². The van der Waals surface area contributed by atoms with Crippen molar-refractivity contribution in [3.8, 4) is 0 Å². The van der Waals surface area contributed by atoms with Gasteiger partial charge in [-0.1, -0.05) is 30.3 Å². The first kappa shape index (κ1) is 14.3. The predicted octanol–water partition coefficient (Wildman–Crippen LogP) is 1.73. The zero-order chi connectivity index (χ0) is 16.4. The van der Waals surface area contributed by atoms with E-state index in [0.717, 1.165) is 22.6 Å². The molecule has 4 aromatic rings. The number of aromatic amines is 1. The van der Waals surface area contributed by atoms with Crippen LogP contribution in [-0.4, -0.2) is 41.5 Å². The number of rotatable bonds is 5. The lowest BCUT2D eigenvalue weighted by Gasteiger charge is -2.16. The molecule has 0 saturated carbocycles. The topological polar surface area (TPSA) is 97.2 Å². The summed E-state index contributed by atoms with van der Waals surface area (Å²) in [6.45, 7) is 0.625. The van der Waals surface area contributed by atoms with E-state index in [1.807, 2.05) is 31.4 Å². The molecule has 0 aliphatic carbocycles. The fraction of sp³-hybridized carbons (Fsp3) is 0.188. The maximum Gasteiger partial charge on any atom is 0.186 e. The first-order chi connectivity index (χ1) is 11.8. The largest absolute Gasteiger partial charge is 0.368 e. The minimum atomic E-state index is 0.0374. The number of benzene rings is 1. The first-order valence-corrected chi connectivity index (χ1v) is 7.59. The first-order valence-electron chi connectivity index (χ1n) is 7.59. The number of anilines is 1. The lowest BCUT2D eigenvalue weighted by Crippen LogP contribution is -2.16. The van der Waals surface area contributed by atoms with E-state index in [-0.39, 0.29) is 5.92 Å². The highest BCUT2D eigenvalue weighted by atomic mass is 15.3. The van der Waals surface area contributed by atoms with Crippen molar-refractivity contribution in [2.75, 3.05) is 11.9 Å². The van der Waals surface area contributed by atoms with Crippen LogP contribution in [0.25, 0.3) is 11.0 Å². The summed E-state index contributed by atoms with van der Waals surface area (Å²) >= 11 is 0. The summed E-state index contributed by atoms with van der Waals surface area (Å²) in [6.07, 6.45) is 4.95. The van der Waals surface area contributed by atoms with Crippen LogP contribution in [0.4, 0.5) is 5.82 Å². The third-order valence-corrected chi connectivity index (χ3v) is 3.87. The Morgan fingerprint density at radius 2 is 2.00 bits per heavy atom. The Bertz CT molecular complexity index is 929. The molecular weight excluding hydrogens is 304 g/mol. The summed E-state index contributed by atoms with van der Waals surface area (Å²) in [5, 5.41) is 15.5. The fourth-order valence-electron chi connectivity index (χ4n) is 2.73. The van der Waals surface area contributed by atoms with Crippen LogP contribution in [0.2, 0.25) is 0 Å². The molecule has 0 fully saturated rings. The van der Waals surface area contributed by atoms with Gasteiger partial charge < -0.3 is 5.32 Å². The number of fused-ring (bicyclic) bond motifs is 1. The van der Waals surface area contributed by atoms with Crippen molar-refractivity contribution >= 4 is 16.9 Å². The van der Waals surface area contributed by atoms with Crippen LogP contribution in [0.15, 0.2) is 49.2 Å². The fourth-order valence-corrected chi connectivity index (χ4v) is 2.73. The summed E-state index contributed by atoms with van der Waals surface area (Å²) in [7, 11) is 1.87. The van der Waals surface area contributed by atoms with E-state index in [0.29, 0.717) is 12.2 Å². The van der Waals surface area contributed by atoms with Crippen LogP contribution in [0.5, 0.6) is 0 Å². The molecule has 120 valence electrons. The van der Waals surface area contributed by atoms with Crippen LogP contribution in [0.1, 0.15) is 17.3 Å². The summed E-state index contributed by atoms with van der Waals surface area (Å²) in [4.78, 5) is 12.8. The normalized spacial score (nSPS) is 12.4. The molecule has 0 spiro atoms. The Morgan fingerprint density at radius 3 is 2.79 bits per heavy atom. The van der Waals surface area contributed by atoms with Crippen LogP contribution in [0, 0.1) is 0 Å². The van der Waals surface area contributed by atoms with E-state index in [1.54, 1.807) is 4.68 Å². The van der Waals surface area contributed by atoms with Gasteiger partial charge in [-0.3, -0.25) is 9.78 Å². The molecule has 0 saturated heterocycles. The molecule has 0 aliphatic heterocycles. The zero-order valence-electron chi connectivity index (χ0n) is 13.1. The van der Waals surface area contributed by atoms with Gasteiger partial charge in [0.2, 0.25) is 0 Å². The zero-order valence-corrected chi connectivity index (χ0v) is 13.1. The molecule has 2 N–H and O–H groups in total. The second-order valence-corrected chi connectivity index (χ2v) is 5.48. The molecule has 0 radical (unpaired) electrons. The maximum atomic E-state index is 4.35. The molecule has 3 heterocycles. The average Bonchev–Trinajstić information content (AvgIpc) is 3.25. The quantitative estimate of drug-likeness (QED) is 0.581. The van der Waals surface area contributed by atoms with Gasteiger partial charge in [-0.25, -0.2) is 15.0 Å². The number of nitrogens with zero attached hydrogens (tertiary/aromatic N) is 6. The van der Waals surface area contributed by atoms with Crippen LogP contribution in [0.3, 0.4) is 0 Å². The average molecular weight is 320 g/mol. The maximum absolute atomic E-state index is 4.35. The van der Waals surface area contributed by atoms with Crippen LogP contribution in [-0.2, 0) is 7.05 Å². The highest BCUT2D eigenvalue weighted by Crippen LogP contribution is 2.23. The summed E-state index contributed by atoms with van der Waals surface area (Å²) in [5.41, 5.74) is 1.82. The minimum Gasteiger partial charge on any atom is -0.368 e. The molecule has 0 amide bonds. The Hall–Kier alpha value is -3.29. The highest BCUT2D eigenvalue weighted by Gasteiger charge is 2.18. The second kappa shape index (κ2) is 6.07. The molecule has 3 aromatic heterocycles. The molecule has 1 aromatic carbocycles. The number of hydrogen-bond donors (Lipinski definition) is 2. The van der Waals surface area contributed by atoms with E-state index in [4.69, 9.17) is 0 Å². The van der Waals surface area contributed by atoms with Gasteiger partial charge in [-0.05, 0) is 5.56 Å². The van der Waals surface area contributed by atoms with E-state index in [1.165, 1.54) is 12.7 Å². The molecule has 1 unspecified atom stereocenters. The van der Waals surface area contributed by atoms with E-state index < -0.39 is 0 Å². The van der Waals surface area contributed by atoms with E-state index >= 15 is 0 Å². The van der Waals surface area contributed by atoms with Gasteiger partial charge in [-0.2, -0.15) is 10.2 Å². The van der Waals surface area contributed by atoms with Crippen molar-refractivity contribution in [2.24, 2.45) is 7.05 Å². The van der Waals surface area contributed by atoms with Crippen LogP contribution >= 0.6 is 0 Å². The lowest BCUT2D eigenvalue weighted by molar-refractivity contribution is 0.775. The smallest absolute Gasteiger partial charge is 0.186 e. The summed E-state index contributed by atoms with van der Waals surface area (Å²) < 4.78 is 1.73. The molecule has 0 aliphatic rings. The minimum absolute atomic E-state index is 0.0374. The Morgan fingerprint density at radius 1 is 1.12 bits per heavy atom. The van der Waals surface area contributed by atoms with Gasteiger partial charge in [0.25, 0.3) is 0 Å². The Kier molecular flexibility index (Phi) is 3.62. The molecule has 24 heavy (non-hydrogen) atoms. The SMILES string of the molecule is Cn1cc2c(NCC(c3ccccc3)c3ncn[nH]3)ncnc2n1. The highest BCUT2D eigenvalue weighted by molar-refractivity contribution is 5.85. The van der Waals surface area contributed by atoms with Gasteiger partial charge in [0, 0.05) is 19.8 Å². The van der Waals surface area contributed by atoms with E-state index in [2.05, 4.69) is 47.7 Å². The van der Waals surface area contributed by atoms with Crippen molar-refractivity contribution in [1.29, 1.82) is 0 Å². The molecular formula is C16H16N8. The number of H-pyrrole nitrogens is 1. The van der Waals surface area contributed by atoms with Crippen molar-refractivity contribution in [3.63, 3.8) is 0 Å². The Balaban J connectivity index is 1.63. The lowest BCUT2D eigenvalue weighted by atomic mass is 9.98. The molecule has 8 nitrogen and oxygen atoms in total. The van der Waals surface area contributed by atoms with Crippen molar-refractivity contribution in [3.05, 3.63) is 60.6 Å². The van der Waals surface area contributed by atoms with Gasteiger partial charge in [-0.15, -0.1) is 0 Å². The number of hydrogen-bond acceptors (Lipinski definition) is 6. The molecule has 1 atom stereocenters. The number of aryl methyl sites for hydroxylation is 1.